The van der Waals surface area contributed by atoms with Crippen molar-refractivity contribution < 1.29 is 23.8 Å². The summed E-state index contributed by atoms with van der Waals surface area (Å²) in [6.45, 7) is 0.123. The Morgan fingerprint density at radius 1 is 1.04 bits per heavy atom. The Morgan fingerprint density at radius 3 is 2.52 bits per heavy atom. The van der Waals surface area contributed by atoms with E-state index in [0.29, 0.717) is 28.5 Å². The summed E-state index contributed by atoms with van der Waals surface area (Å²) in [5, 5.41) is 4.81. The van der Waals surface area contributed by atoms with Crippen molar-refractivity contribution in [2.24, 2.45) is 0 Å². The Labute approximate surface area is 132 Å². The van der Waals surface area contributed by atoms with Gasteiger partial charge in [-0.25, -0.2) is 4.79 Å². The van der Waals surface area contributed by atoms with Crippen molar-refractivity contribution in [1.29, 1.82) is 0 Å². The molecule has 23 heavy (non-hydrogen) atoms. The van der Waals surface area contributed by atoms with Crippen molar-refractivity contribution in [2.45, 2.75) is 0 Å². The van der Waals surface area contributed by atoms with Crippen molar-refractivity contribution in [1.82, 2.24) is 5.32 Å². The molecule has 0 fully saturated rings. The first-order chi connectivity index (χ1) is 11.2. The van der Waals surface area contributed by atoms with Gasteiger partial charge in [-0.05, 0) is 42.5 Å². The molecule has 1 heterocycles. The van der Waals surface area contributed by atoms with Gasteiger partial charge in [-0.3, -0.25) is 10.1 Å². The smallest absolute Gasteiger partial charge is 0.326 e. The second-order valence-electron chi connectivity index (χ2n) is 4.70. The maximum Gasteiger partial charge on any atom is 0.326 e. The molecule has 0 saturated carbocycles. The molecular formula is C16H14N2O5. The molecular weight excluding hydrogens is 300 g/mol. The Morgan fingerprint density at radius 2 is 1.78 bits per heavy atom. The molecule has 0 atom stereocenters. The minimum atomic E-state index is -0.627. The fourth-order valence-corrected chi connectivity index (χ4v) is 2.05. The van der Waals surface area contributed by atoms with E-state index in [0.717, 1.165) is 0 Å². The maximum absolute atomic E-state index is 12.1. The third kappa shape index (κ3) is 3.34. The zero-order valence-corrected chi connectivity index (χ0v) is 12.3. The molecule has 3 amide bonds. The molecule has 118 valence electrons. The first kappa shape index (κ1) is 14.7. The first-order valence-corrected chi connectivity index (χ1v) is 6.82. The fourth-order valence-electron chi connectivity index (χ4n) is 2.05. The van der Waals surface area contributed by atoms with Crippen molar-refractivity contribution in [2.75, 3.05) is 19.2 Å². The zero-order chi connectivity index (χ0) is 16.2. The summed E-state index contributed by atoms with van der Waals surface area (Å²) in [5.74, 6) is 1.19. The van der Waals surface area contributed by atoms with Gasteiger partial charge in [-0.1, -0.05) is 0 Å². The van der Waals surface area contributed by atoms with Gasteiger partial charge in [0.2, 0.25) is 6.79 Å². The number of hydrogen-bond donors (Lipinski definition) is 2. The molecule has 7 heteroatoms. The van der Waals surface area contributed by atoms with E-state index in [9.17, 15) is 9.59 Å². The highest BCUT2D eigenvalue weighted by Crippen LogP contribution is 2.32. The normalized spacial score (nSPS) is 11.7. The minimum absolute atomic E-state index is 0.123. The highest BCUT2D eigenvalue weighted by Gasteiger charge is 2.17. The number of urea groups is 1. The summed E-state index contributed by atoms with van der Waals surface area (Å²) < 4.78 is 15.4. The van der Waals surface area contributed by atoms with Crippen LogP contribution in [0.15, 0.2) is 42.5 Å². The molecule has 0 aliphatic carbocycles. The second kappa shape index (κ2) is 6.27. The van der Waals surface area contributed by atoms with E-state index in [1.54, 1.807) is 43.5 Å². The lowest BCUT2D eigenvalue weighted by Gasteiger charge is -2.08. The Bertz CT molecular complexity index is 743. The predicted octanol–water partition coefficient (Wildman–Crippen LogP) is 2.39. The van der Waals surface area contributed by atoms with E-state index in [4.69, 9.17) is 14.2 Å². The zero-order valence-electron chi connectivity index (χ0n) is 12.3. The number of ether oxygens (including phenoxy) is 3. The lowest BCUT2D eigenvalue weighted by Crippen LogP contribution is -2.34. The third-order valence-electron chi connectivity index (χ3n) is 3.21. The van der Waals surface area contributed by atoms with Crippen molar-refractivity contribution in [3.63, 3.8) is 0 Å². The van der Waals surface area contributed by atoms with E-state index in [1.807, 2.05) is 0 Å². The molecule has 1 aliphatic heterocycles. The van der Waals surface area contributed by atoms with E-state index >= 15 is 0 Å². The van der Waals surface area contributed by atoms with Gasteiger partial charge < -0.3 is 19.5 Å². The number of hydrogen-bond acceptors (Lipinski definition) is 5. The van der Waals surface area contributed by atoms with E-state index < -0.39 is 11.9 Å². The molecule has 2 aromatic carbocycles. The van der Waals surface area contributed by atoms with E-state index in [-0.39, 0.29) is 6.79 Å². The van der Waals surface area contributed by atoms with Crippen molar-refractivity contribution in [3.8, 4) is 17.2 Å². The number of carbonyl (C=O) groups excluding carboxylic acids is 2. The van der Waals surface area contributed by atoms with Crippen LogP contribution in [0.2, 0.25) is 0 Å². The van der Waals surface area contributed by atoms with E-state index in [2.05, 4.69) is 10.6 Å². The van der Waals surface area contributed by atoms with Gasteiger partial charge in [0.05, 0.1) is 7.11 Å². The molecule has 2 aromatic rings. The van der Waals surface area contributed by atoms with E-state index in [1.165, 1.54) is 6.07 Å². The number of fused-ring (bicyclic) bond motifs is 1. The highest BCUT2D eigenvalue weighted by molar-refractivity contribution is 6.08. The lowest BCUT2D eigenvalue weighted by molar-refractivity contribution is 0.0966. The van der Waals surface area contributed by atoms with Crippen LogP contribution in [-0.2, 0) is 0 Å². The van der Waals surface area contributed by atoms with Gasteiger partial charge in [0.15, 0.2) is 11.5 Å². The van der Waals surface area contributed by atoms with Gasteiger partial charge in [-0.2, -0.15) is 0 Å². The Balaban J connectivity index is 1.61. The van der Waals surface area contributed by atoms with Gasteiger partial charge in [0, 0.05) is 11.3 Å². The number of methoxy groups -OCH3 is 1. The van der Waals surface area contributed by atoms with Crippen molar-refractivity contribution >= 4 is 17.6 Å². The monoisotopic (exact) mass is 314 g/mol. The van der Waals surface area contributed by atoms with Crippen LogP contribution in [0.25, 0.3) is 0 Å². The molecule has 0 radical (unpaired) electrons. The standard InChI is InChI=1S/C16H14N2O5/c1-21-12-5-3-11(4-6-12)17-16(20)18-15(19)10-2-7-13-14(8-10)23-9-22-13/h2-8H,9H2,1H3,(H2,17,18,19,20). The first-order valence-electron chi connectivity index (χ1n) is 6.82. The number of rotatable bonds is 3. The van der Waals surface area contributed by atoms with Gasteiger partial charge >= 0.3 is 6.03 Å². The van der Waals surface area contributed by atoms with Crippen LogP contribution in [0.5, 0.6) is 17.2 Å². The van der Waals surface area contributed by atoms with Crippen LogP contribution in [0.4, 0.5) is 10.5 Å². The fraction of sp³-hybridized carbons (Fsp3) is 0.125. The number of amides is 3. The summed E-state index contributed by atoms with van der Waals surface area (Å²) >= 11 is 0. The van der Waals surface area contributed by atoms with Crippen LogP contribution in [-0.4, -0.2) is 25.8 Å². The third-order valence-corrected chi connectivity index (χ3v) is 3.21. The van der Waals surface area contributed by atoms with Crippen LogP contribution in [0.3, 0.4) is 0 Å². The number of anilines is 1. The number of nitrogens with one attached hydrogen (secondary N) is 2. The predicted molar refractivity (Wildman–Crippen MR) is 82.0 cm³/mol. The summed E-state index contributed by atoms with van der Waals surface area (Å²) in [5.41, 5.74) is 0.848. The molecule has 3 rings (SSSR count). The number of imide groups is 1. The molecule has 0 bridgehead atoms. The molecule has 0 aromatic heterocycles. The largest absolute Gasteiger partial charge is 0.497 e. The summed E-state index contributed by atoms with van der Waals surface area (Å²) in [6.07, 6.45) is 0. The van der Waals surface area contributed by atoms with Crippen molar-refractivity contribution in [3.05, 3.63) is 48.0 Å². The van der Waals surface area contributed by atoms with Gasteiger partial charge in [0.1, 0.15) is 5.75 Å². The SMILES string of the molecule is COc1ccc(NC(=O)NC(=O)c2ccc3c(c2)OCO3)cc1. The Hall–Kier alpha value is -3.22. The molecule has 0 saturated heterocycles. The molecule has 1 aliphatic rings. The number of carbonyl (C=O) groups is 2. The van der Waals surface area contributed by atoms with Crippen LogP contribution in [0.1, 0.15) is 10.4 Å². The summed E-state index contributed by atoms with van der Waals surface area (Å²) in [6, 6.07) is 10.8. The topological polar surface area (TPSA) is 85.9 Å². The summed E-state index contributed by atoms with van der Waals surface area (Å²) in [4.78, 5) is 23.9. The van der Waals surface area contributed by atoms with Crippen LogP contribution in [0, 0.1) is 0 Å². The maximum atomic E-state index is 12.1. The molecule has 2 N–H and O–H groups in total. The molecule has 0 spiro atoms. The van der Waals surface area contributed by atoms with Crippen LogP contribution < -0.4 is 24.8 Å². The van der Waals surface area contributed by atoms with Gasteiger partial charge in [-0.15, -0.1) is 0 Å². The highest BCUT2D eigenvalue weighted by atomic mass is 16.7. The molecule has 7 nitrogen and oxygen atoms in total. The average Bonchev–Trinajstić information content (AvgIpc) is 3.03. The average molecular weight is 314 g/mol. The molecule has 0 unspecified atom stereocenters. The second-order valence-corrected chi connectivity index (χ2v) is 4.70. The lowest BCUT2D eigenvalue weighted by atomic mass is 10.2. The van der Waals surface area contributed by atoms with Crippen LogP contribution >= 0.6 is 0 Å². The number of benzene rings is 2. The van der Waals surface area contributed by atoms with Gasteiger partial charge in [0.25, 0.3) is 5.91 Å². The Kier molecular flexibility index (Phi) is 4.01. The quantitative estimate of drug-likeness (QED) is 0.908. The minimum Gasteiger partial charge on any atom is -0.497 e. The summed E-state index contributed by atoms with van der Waals surface area (Å²) in [7, 11) is 1.55.